The summed E-state index contributed by atoms with van der Waals surface area (Å²) in [7, 11) is 1.54. The van der Waals surface area contributed by atoms with Crippen LogP contribution in [0.15, 0.2) is 42.5 Å². The third kappa shape index (κ3) is 5.24. The summed E-state index contributed by atoms with van der Waals surface area (Å²) in [6.45, 7) is 4.44. The molecule has 0 spiro atoms. The number of hydrogen-bond acceptors (Lipinski definition) is 2. The van der Waals surface area contributed by atoms with Crippen LogP contribution < -0.4 is 4.74 Å². The maximum absolute atomic E-state index is 12.7. The van der Waals surface area contributed by atoms with E-state index in [0.717, 1.165) is 23.3 Å². The summed E-state index contributed by atoms with van der Waals surface area (Å²) in [6.07, 6.45) is -4.47. The smallest absolute Gasteiger partial charge is 0.416 e. The van der Waals surface area contributed by atoms with Gasteiger partial charge in [-0.1, -0.05) is 12.1 Å². The van der Waals surface area contributed by atoms with Gasteiger partial charge in [0.15, 0.2) is 0 Å². The Hall–Kier alpha value is -2.50. The largest absolute Gasteiger partial charge is 0.492 e. The Balaban J connectivity index is 1.96. The Bertz CT molecular complexity index is 736. The second-order valence-corrected chi connectivity index (χ2v) is 5.98. The van der Waals surface area contributed by atoms with E-state index in [0.29, 0.717) is 5.75 Å². The van der Waals surface area contributed by atoms with Crippen molar-refractivity contribution in [1.29, 1.82) is 0 Å². The quantitative estimate of drug-likeness (QED) is 0.795. The van der Waals surface area contributed by atoms with Crippen molar-refractivity contribution in [3.8, 4) is 5.75 Å². The summed E-state index contributed by atoms with van der Waals surface area (Å²) in [5.74, 6) is 0.229. The third-order valence-corrected chi connectivity index (χ3v) is 3.67. The van der Waals surface area contributed by atoms with Gasteiger partial charge >= 0.3 is 6.18 Å². The summed E-state index contributed by atoms with van der Waals surface area (Å²) in [4.78, 5) is 13.6. The van der Waals surface area contributed by atoms with Gasteiger partial charge in [0.05, 0.1) is 12.1 Å². The van der Waals surface area contributed by atoms with Gasteiger partial charge in [-0.3, -0.25) is 4.79 Å². The van der Waals surface area contributed by atoms with Gasteiger partial charge in [0.2, 0.25) is 0 Å². The lowest BCUT2D eigenvalue weighted by atomic mass is 10.1. The molecule has 0 atom stereocenters. The molecule has 2 aromatic carbocycles. The topological polar surface area (TPSA) is 29.5 Å². The fourth-order valence-electron chi connectivity index (χ4n) is 2.47. The minimum Gasteiger partial charge on any atom is -0.492 e. The number of alkyl halides is 3. The number of aryl methyl sites for hydroxylation is 2. The number of rotatable bonds is 5. The predicted octanol–water partition coefficient (Wildman–Crippen LogP) is 4.47. The van der Waals surface area contributed by atoms with E-state index < -0.39 is 17.6 Å². The molecule has 0 saturated heterocycles. The van der Waals surface area contributed by atoms with Crippen LogP contribution in [0.25, 0.3) is 0 Å². The molecule has 6 heteroatoms. The molecule has 0 radical (unpaired) electrons. The molecule has 0 heterocycles. The van der Waals surface area contributed by atoms with Crippen molar-refractivity contribution >= 4 is 5.91 Å². The molecule has 0 unspecified atom stereocenters. The van der Waals surface area contributed by atoms with Crippen LogP contribution in [0.3, 0.4) is 0 Å². The average molecular weight is 351 g/mol. The van der Waals surface area contributed by atoms with Crippen LogP contribution in [-0.4, -0.2) is 31.0 Å². The van der Waals surface area contributed by atoms with Crippen molar-refractivity contribution < 1.29 is 22.7 Å². The van der Waals surface area contributed by atoms with Crippen molar-refractivity contribution in [2.45, 2.75) is 20.0 Å². The highest BCUT2D eigenvalue weighted by atomic mass is 19.4. The summed E-state index contributed by atoms with van der Waals surface area (Å²) >= 11 is 0. The molecule has 0 aliphatic carbocycles. The first kappa shape index (κ1) is 18.8. The molecule has 0 bridgehead atoms. The number of carbonyl (C=O) groups is 1. The van der Waals surface area contributed by atoms with E-state index in [1.54, 1.807) is 0 Å². The van der Waals surface area contributed by atoms with Gasteiger partial charge in [-0.2, -0.15) is 13.2 Å². The maximum atomic E-state index is 12.7. The molecule has 2 aromatic rings. The number of hydrogen-bond donors (Lipinski definition) is 0. The van der Waals surface area contributed by atoms with Gasteiger partial charge in [-0.05, 0) is 55.3 Å². The lowest BCUT2D eigenvalue weighted by Crippen LogP contribution is -2.31. The first-order chi connectivity index (χ1) is 11.7. The first-order valence-electron chi connectivity index (χ1n) is 7.80. The Morgan fingerprint density at radius 3 is 2.32 bits per heavy atom. The van der Waals surface area contributed by atoms with E-state index >= 15 is 0 Å². The van der Waals surface area contributed by atoms with E-state index in [1.165, 1.54) is 24.1 Å². The van der Waals surface area contributed by atoms with Gasteiger partial charge in [-0.25, -0.2) is 0 Å². The second-order valence-electron chi connectivity index (χ2n) is 5.98. The van der Waals surface area contributed by atoms with Gasteiger partial charge in [0, 0.05) is 12.6 Å². The summed E-state index contributed by atoms with van der Waals surface area (Å²) in [5, 5.41) is 0. The van der Waals surface area contributed by atoms with Crippen molar-refractivity contribution in [1.82, 2.24) is 4.90 Å². The number of amides is 1. The van der Waals surface area contributed by atoms with Crippen molar-refractivity contribution in [3.63, 3.8) is 0 Å². The predicted molar refractivity (Wildman–Crippen MR) is 89.8 cm³/mol. The van der Waals surface area contributed by atoms with Crippen LogP contribution in [0.1, 0.15) is 27.0 Å². The number of ether oxygens (including phenoxy) is 1. The van der Waals surface area contributed by atoms with Crippen LogP contribution in [0.4, 0.5) is 13.2 Å². The SMILES string of the molecule is Cc1cc(C)cc(OCCN(C)C(=O)c2cccc(C(F)(F)F)c2)c1. The van der Waals surface area contributed by atoms with Gasteiger partial charge in [-0.15, -0.1) is 0 Å². The van der Waals surface area contributed by atoms with Crippen LogP contribution in [-0.2, 0) is 6.18 Å². The minimum atomic E-state index is -4.47. The molecule has 0 fully saturated rings. The summed E-state index contributed by atoms with van der Waals surface area (Å²) in [5.41, 5.74) is 1.31. The number of nitrogens with zero attached hydrogens (tertiary/aromatic N) is 1. The maximum Gasteiger partial charge on any atom is 0.416 e. The van der Waals surface area contributed by atoms with Crippen LogP contribution in [0.2, 0.25) is 0 Å². The zero-order valence-electron chi connectivity index (χ0n) is 14.4. The number of likely N-dealkylation sites (N-methyl/N-ethyl adjacent to an activating group) is 1. The van der Waals surface area contributed by atoms with E-state index in [1.807, 2.05) is 32.0 Å². The van der Waals surface area contributed by atoms with Crippen LogP contribution in [0.5, 0.6) is 5.75 Å². The highest BCUT2D eigenvalue weighted by molar-refractivity contribution is 5.94. The Morgan fingerprint density at radius 2 is 1.72 bits per heavy atom. The molecule has 0 aliphatic heterocycles. The van der Waals surface area contributed by atoms with Crippen molar-refractivity contribution in [2.75, 3.05) is 20.2 Å². The second kappa shape index (κ2) is 7.59. The van der Waals surface area contributed by atoms with Gasteiger partial charge < -0.3 is 9.64 Å². The normalized spacial score (nSPS) is 11.3. The van der Waals surface area contributed by atoms with Crippen LogP contribution >= 0.6 is 0 Å². The lowest BCUT2D eigenvalue weighted by molar-refractivity contribution is -0.137. The zero-order chi connectivity index (χ0) is 18.6. The third-order valence-electron chi connectivity index (χ3n) is 3.67. The number of carbonyl (C=O) groups excluding carboxylic acids is 1. The number of halogens is 3. The van der Waals surface area contributed by atoms with Gasteiger partial charge in [0.1, 0.15) is 12.4 Å². The fourth-order valence-corrected chi connectivity index (χ4v) is 2.47. The van der Waals surface area contributed by atoms with E-state index in [2.05, 4.69) is 0 Å². The average Bonchev–Trinajstić information content (AvgIpc) is 2.52. The molecule has 1 amide bonds. The number of benzene rings is 2. The molecule has 2 rings (SSSR count). The molecule has 0 saturated carbocycles. The minimum absolute atomic E-state index is 0.00345. The van der Waals surface area contributed by atoms with E-state index in [4.69, 9.17) is 4.74 Å². The molecule has 0 N–H and O–H groups in total. The summed E-state index contributed by atoms with van der Waals surface area (Å²) in [6, 6.07) is 10.2. The van der Waals surface area contributed by atoms with E-state index in [9.17, 15) is 18.0 Å². The van der Waals surface area contributed by atoms with E-state index in [-0.39, 0.29) is 18.7 Å². The highest BCUT2D eigenvalue weighted by Crippen LogP contribution is 2.29. The molecule has 3 nitrogen and oxygen atoms in total. The van der Waals surface area contributed by atoms with Crippen LogP contribution in [0, 0.1) is 13.8 Å². The standard InChI is InChI=1S/C19H20F3NO2/c1-13-9-14(2)11-17(10-13)25-8-7-23(3)18(24)15-5-4-6-16(12-15)19(20,21)22/h4-6,9-12H,7-8H2,1-3H3. The Morgan fingerprint density at radius 1 is 1.08 bits per heavy atom. The Labute approximate surface area is 145 Å². The molecular formula is C19H20F3NO2. The first-order valence-corrected chi connectivity index (χ1v) is 7.80. The molecule has 134 valence electrons. The molecular weight excluding hydrogens is 331 g/mol. The monoisotopic (exact) mass is 351 g/mol. The molecule has 25 heavy (non-hydrogen) atoms. The molecule has 0 aliphatic rings. The fraction of sp³-hybridized carbons (Fsp3) is 0.316. The molecule has 0 aromatic heterocycles. The summed E-state index contributed by atoms with van der Waals surface area (Å²) < 4.78 is 43.9. The van der Waals surface area contributed by atoms with Crippen molar-refractivity contribution in [3.05, 3.63) is 64.7 Å². The Kier molecular flexibility index (Phi) is 5.72. The van der Waals surface area contributed by atoms with Gasteiger partial charge in [0.25, 0.3) is 5.91 Å². The zero-order valence-corrected chi connectivity index (χ0v) is 14.4. The highest BCUT2D eigenvalue weighted by Gasteiger charge is 2.31. The van der Waals surface area contributed by atoms with Crippen molar-refractivity contribution in [2.24, 2.45) is 0 Å². The lowest BCUT2D eigenvalue weighted by Gasteiger charge is -2.18.